The summed E-state index contributed by atoms with van der Waals surface area (Å²) in [6.45, 7) is 2.47. The number of hydrogen-bond donors (Lipinski definition) is 0. The summed E-state index contributed by atoms with van der Waals surface area (Å²) in [6.07, 6.45) is 12.6. The fraction of sp³-hybridized carbons (Fsp3) is 0.762. The van der Waals surface area contributed by atoms with Crippen molar-refractivity contribution in [3.63, 3.8) is 0 Å². The summed E-state index contributed by atoms with van der Waals surface area (Å²) in [4.78, 5) is 14.8. The number of hydrogen-bond acceptors (Lipinski definition) is 4. The maximum Gasteiger partial charge on any atom is 0.233 e. The van der Waals surface area contributed by atoms with Crippen LogP contribution in [0.2, 0.25) is 0 Å². The normalized spacial score (nSPS) is 22.1. The molecule has 5 heteroatoms. The van der Waals surface area contributed by atoms with Crippen LogP contribution in [0.25, 0.3) is 0 Å². The average Bonchev–Trinajstić information content (AvgIpc) is 2.72. The van der Waals surface area contributed by atoms with Crippen molar-refractivity contribution in [2.24, 2.45) is 11.8 Å². The zero-order valence-electron chi connectivity index (χ0n) is 15.8. The van der Waals surface area contributed by atoms with Crippen LogP contribution in [0.5, 0.6) is 5.88 Å². The van der Waals surface area contributed by atoms with Crippen LogP contribution in [0.15, 0.2) is 6.07 Å². The zero-order valence-corrected chi connectivity index (χ0v) is 15.8. The van der Waals surface area contributed by atoms with Crippen molar-refractivity contribution in [1.82, 2.24) is 15.1 Å². The quantitative estimate of drug-likeness (QED) is 0.827. The topological polar surface area (TPSA) is 55.3 Å². The van der Waals surface area contributed by atoms with Gasteiger partial charge in [0.25, 0.3) is 0 Å². The molecule has 0 atom stereocenters. The number of rotatable bonds is 4. The van der Waals surface area contributed by atoms with Crippen LogP contribution in [0.1, 0.15) is 69.0 Å². The third-order valence-corrected chi connectivity index (χ3v) is 6.39. The van der Waals surface area contributed by atoms with E-state index in [1.54, 1.807) is 0 Å². The predicted octanol–water partition coefficient (Wildman–Crippen LogP) is 3.55. The van der Waals surface area contributed by atoms with E-state index in [0.717, 1.165) is 57.3 Å². The van der Waals surface area contributed by atoms with E-state index in [4.69, 9.17) is 4.74 Å². The number of nitrogens with zero attached hydrogens (tertiary/aromatic N) is 3. The molecular formula is C21H31N3O2. The first-order chi connectivity index (χ1) is 12.8. The fourth-order valence-corrected chi connectivity index (χ4v) is 4.67. The Balaban J connectivity index is 1.23. The van der Waals surface area contributed by atoms with Crippen LogP contribution in [-0.2, 0) is 17.6 Å². The molecule has 0 N–H and O–H groups in total. The standard InChI is InChI=1S/C21H31N3O2/c25-21(17-6-2-1-3-7-17)24-12-10-16(11-13-24)15-26-20-14-18-8-4-5-9-19(18)22-23-20/h14,16-17H,1-13,15H2. The summed E-state index contributed by atoms with van der Waals surface area (Å²) in [5, 5.41) is 8.59. The molecule has 1 saturated carbocycles. The molecule has 1 aromatic rings. The third-order valence-electron chi connectivity index (χ3n) is 6.39. The van der Waals surface area contributed by atoms with Gasteiger partial charge in [-0.3, -0.25) is 4.79 Å². The molecule has 2 fully saturated rings. The van der Waals surface area contributed by atoms with E-state index in [1.165, 1.54) is 37.7 Å². The van der Waals surface area contributed by atoms with Gasteiger partial charge in [0.15, 0.2) is 0 Å². The Morgan fingerprint density at radius 1 is 1.00 bits per heavy atom. The molecule has 0 unspecified atom stereocenters. The SMILES string of the molecule is O=C(C1CCCCC1)N1CCC(COc2cc3c(nn2)CCCC3)CC1. The molecule has 3 aliphatic rings. The van der Waals surface area contributed by atoms with Crippen LogP contribution in [0, 0.1) is 11.8 Å². The molecule has 142 valence electrons. The van der Waals surface area contributed by atoms with Crippen LogP contribution in [0.3, 0.4) is 0 Å². The highest BCUT2D eigenvalue weighted by Gasteiger charge is 2.29. The highest BCUT2D eigenvalue weighted by Crippen LogP contribution is 2.28. The summed E-state index contributed by atoms with van der Waals surface area (Å²) in [6, 6.07) is 2.09. The second-order valence-corrected chi connectivity index (χ2v) is 8.28. The highest BCUT2D eigenvalue weighted by atomic mass is 16.5. The van der Waals surface area contributed by atoms with E-state index < -0.39 is 0 Å². The number of aromatic nitrogens is 2. The summed E-state index contributed by atoms with van der Waals surface area (Å²) in [5.41, 5.74) is 2.47. The molecule has 5 nitrogen and oxygen atoms in total. The molecule has 0 spiro atoms. The number of amides is 1. The Morgan fingerprint density at radius 2 is 1.77 bits per heavy atom. The lowest BCUT2D eigenvalue weighted by molar-refractivity contribution is -0.138. The van der Waals surface area contributed by atoms with Gasteiger partial charge in [-0.1, -0.05) is 19.3 Å². The largest absolute Gasteiger partial charge is 0.476 e. The third kappa shape index (κ3) is 4.18. The molecular weight excluding hydrogens is 326 g/mol. The van der Waals surface area contributed by atoms with E-state index in [0.29, 0.717) is 30.2 Å². The minimum Gasteiger partial charge on any atom is -0.476 e. The molecule has 1 saturated heterocycles. The van der Waals surface area contributed by atoms with E-state index >= 15 is 0 Å². The van der Waals surface area contributed by atoms with Crippen molar-refractivity contribution >= 4 is 5.91 Å². The number of piperidine rings is 1. The molecule has 2 aliphatic carbocycles. The zero-order chi connectivity index (χ0) is 17.8. The van der Waals surface area contributed by atoms with E-state index in [9.17, 15) is 4.79 Å². The van der Waals surface area contributed by atoms with Gasteiger partial charge in [0, 0.05) is 25.1 Å². The monoisotopic (exact) mass is 357 g/mol. The minimum atomic E-state index is 0.294. The van der Waals surface area contributed by atoms with Crippen molar-refractivity contribution in [1.29, 1.82) is 0 Å². The van der Waals surface area contributed by atoms with Crippen molar-refractivity contribution in [3.05, 3.63) is 17.3 Å². The van der Waals surface area contributed by atoms with Gasteiger partial charge in [-0.25, -0.2) is 0 Å². The second kappa shape index (κ2) is 8.36. The summed E-state index contributed by atoms with van der Waals surface area (Å²) < 4.78 is 5.95. The molecule has 2 heterocycles. The van der Waals surface area contributed by atoms with Gasteiger partial charge in [-0.15, -0.1) is 5.10 Å². The summed E-state index contributed by atoms with van der Waals surface area (Å²) in [7, 11) is 0. The lowest BCUT2D eigenvalue weighted by Crippen LogP contribution is -2.43. The first-order valence-electron chi connectivity index (χ1n) is 10.6. The Labute approximate surface area is 156 Å². The average molecular weight is 357 g/mol. The molecule has 0 bridgehead atoms. The molecule has 26 heavy (non-hydrogen) atoms. The second-order valence-electron chi connectivity index (χ2n) is 8.28. The van der Waals surface area contributed by atoms with Crippen LogP contribution < -0.4 is 4.74 Å². The van der Waals surface area contributed by atoms with Crippen molar-refractivity contribution in [2.75, 3.05) is 19.7 Å². The number of carbonyl (C=O) groups is 1. The molecule has 1 aromatic heterocycles. The smallest absolute Gasteiger partial charge is 0.233 e. The number of ether oxygens (including phenoxy) is 1. The maximum absolute atomic E-state index is 12.7. The van der Waals surface area contributed by atoms with E-state index in [2.05, 4.69) is 21.2 Å². The molecule has 1 amide bonds. The van der Waals surface area contributed by atoms with Crippen molar-refractivity contribution in [3.8, 4) is 5.88 Å². The minimum absolute atomic E-state index is 0.294. The van der Waals surface area contributed by atoms with E-state index in [1.807, 2.05) is 0 Å². The lowest BCUT2D eigenvalue weighted by Gasteiger charge is -2.35. The number of fused-ring (bicyclic) bond motifs is 1. The van der Waals surface area contributed by atoms with Crippen LogP contribution >= 0.6 is 0 Å². The van der Waals surface area contributed by atoms with Gasteiger partial charge >= 0.3 is 0 Å². The molecule has 0 aromatic carbocycles. The molecule has 0 radical (unpaired) electrons. The first-order valence-corrected chi connectivity index (χ1v) is 10.6. The Kier molecular flexibility index (Phi) is 5.71. The highest BCUT2D eigenvalue weighted by molar-refractivity contribution is 5.79. The first kappa shape index (κ1) is 17.7. The Hall–Kier alpha value is -1.65. The van der Waals surface area contributed by atoms with Crippen LogP contribution in [-0.4, -0.2) is 40.7 Å². The van der Waals surface area contributed by atoms with Gasteiger partial charge in [0.1, 0.15) is 0 Å². The van der Waals surface area contributed by atoms with Gasteiger partial charge in [0.05, 0.1) is 12.3 Å². The Morgan fingerprint density at radius 3 is 2.58 bits per heavy atom. The van der Waals surface area contributed by atoms with Gasteiger partial charge in [0.2, 0.25) is 11.8 Å². The molecule has 1 aliphatic heterocycles. The summed E-state index contributed by atoms with van der Waals surface area (Å²) >= 11 is 0. The van der Waals surface area contributed by atoms with Crippen molar-refractivity contribution < 1.29 is 9.53 Å². The molecule has 4 rings (SSSR count). The van der Waals surface area contributed by atoms with Gasteiger partial charge < -0.3 is 9.64 Å². The van der Waals surface area contributed by atoms with Crippen molar-refractivity contribution in [2.45, 2.75) is 70.6 Å². The maximum atomic E-state index is 12.7. The van der Waals surface area contributed by atoms with Gasteiger partial charge in [-0.05, 0) is 62.8 Å². The summed E-state index contributed by atoms with van der Waals surface area (Å²) in [5.74, 6) is 1.89. The number of carbonyl (C=O) groups excluding carboxylic acids is 1. The van der Waals surface area contributed by atoms with Gasteiger partial charge in [-0.2, -0.15) is 5.10 Å². The fourth-order valence-electron chi connectivity index (χ4n) is 4.67. The lowest BCUT2D eigenvalue weighted by atomic mass is 9.87. The number of aryl methyl sites for hydroxylation is 2. The predicted molar refractivity (Wildman–Crippen MR) is 100 cm³/mol. The van der Waals surface area contributed by atoms with E-state index in [-0.39, 0.29) is 0 Å². The van der Waals surface area contributed by atoms with Crippen LogP contribution in [0.4, 0.5) is 0 Å². The Bertz CT molecular complexity index is 620. The number of likely N-dealkylation sites (tertiary alicyclic amines) is 1.